The van der Waals surface area contributed by atoms with E-state index >= 15 is 0 Å². The maximum atomic E-state index is 12.4. The first kappa shape index (κ1) is 15.5. The van der Waals surface area contributed by atoms with Gasteiger partial charge in [-0.2, -0.15) is 0 Å². The maximum Gasteiger partial charge on any atom is 0.223 e. The first-order chi connectivity index (χ1) is 10.5. The minimum atomic E-state index is -2.92. The summed E-state index contributed by atoms with van der Waals surface area (Å²) in [5, 5.41) is 0. The van der Waals surface area contributed by atoms with Crippen LogP contribution < -0.4 is 0 Å². The van der Waals surface area contributed by atoms with Crippen molar-refractivity contribution >= 4 is 15.7 Å². The van der Waals surface area contributed by atoms with Gasteiger partial charge < -0.3 is 9.64 Å². The molecule has 0 radical (unpaired) electrons. The largest absolute Gasteiger partial charge is 0.370 e. The zero-order chi connectivity index (χ0) is 15.6. The van der Waals surface area contributed by atoms with Gasteiger partial charge in [0.25, 0.3) is 0 Å². The standard InChI is InChI=1S/C16H21NO4S/c18-16(10-13-6-9-22(19,20)12-13)17-7-8-21-15(11-17)14-4-2-1-3-5-14/h1-5,13,15H,6-12H2/t13-,15+/m1/s1. The van der Waals surface area contributed by atoms with Gasteiger partial charge in [0, 0.05) is 13.0 Å². The molecule has 1 aromatic rings. The topological polar surface area (TPSA) is 63.7 Å². The molecule has 3 rings (SSSR count). The molecule has 0 aliphatic carbocycles. The van der Waals surface area contributed by atoms with Gasteiger partial charge in [0.2, 0.25) is 5.91 Å². The van der Waals surface area contributed by atoms with Crippen molar-refractivity contribution in [1.29, 1.82) is 0 Å². The van der Waals surface area contributed by atoms with Crippen molar-refractivity contribution in [3.8, 4) is 0 Å². The molecule has 0 spiro atoms. The lowest BCUT2D eigenvalue weighted by atomic mass is 10.0. The van der Waals surface area contributed by atoms with Crippen LogP contribution in [0.5, 0.6) is 0 Å². The SMILES string of the molecule is O=C(C[C@H]1CCS(=O)(=O)C1)N1CCO[C@H](c2ccccc2)C1. The summed E-state index contributed by atoms with van der Waals surface area (Å²) in [6, 6.07) is 9.88. The molecule has 2 fully saturated rings. The van der Waals surface area contributed by atoms with Crippen LogP contribution in [0.3, 0.4) is 0 Å². The lowest BCUT2D eigenvalue weighted by Gasteiger charge is -2.33. The highest BCUT2D eigenvalue weighted by molar-refractivity contribution is 7.91. The first-order valence-electron chi connectivity index (χ1n) is 7.68. The Morgan fingerprint density at radius 3 is 2.73 bits per heavy atom. The highest BCUT2D eigenvalue weighted by Crippen LogP contribution is 2.25. The Kier molecular flexibility index (Phi) is 4.49. The van der Waals surface area contributed by atoms with Crippen LogP contribution in [0.2, 0.25) is 0 Å². The predicted octanol–water partition coefficient (Wildman–Crippen LogP) is 1.41. The van der Waals surface area contributed by atoms with E-state index in [4.69, 9.17) is 4.74 Å². The molecule has 6 heteroatoms. The van der Waals surface area contributed by atoms with Gasteiger partial charge in [0.05, 0.1) is 24.7 Å². The third kappa shape index (κ3) is 3.67. The van der Waals surface area contributed by atoms with Crippen LogP contribution in [-0.4, -0.2) is 50.4 Å². The van der Waals surface area contributed by atoms with Crippen LogP contribution >= 0.6 is 0 Å². The summed E-state index contributed by atoms with van der Waals surface area (Å²) in [4.78, 5) is 14.2. The number of carbonyl (C=O) groups is 1. The smallest absolute Gasteiger partial charge is 0.223 e. The van der Waals surface area contributed by atoms with E-state index in [9.17, 15) is 13.2 Å². The van der Waals surface area contributed by atoms with Crippen molar-refractivity contribution in [2.45, 2.75) is 18.9 Å². The number of carbonyl (C=O) groups excluding carboxylic acids is 1. The van der Waals surface area contributed by atoms with Gasteiger partial charge in [-0.05, 0) is 17.9 Å². The number of amides is 1. The van der Waals surface area contributed by atoms with Gasteiger partial charge in [-0.15, -0.1) is 0 Å². The Hall–Kier alpha value is -1.40. The highest BCUT2D eigenvalue weighted by Gasteiger charge is 2.32. The molecule has 22 heavy (non-hydrogen) atoms. The van der Waals surface area contributed by atoms with Crippen molar-refractivity contribution in [3.63, 3.8) is 0 Å². The average Bonchev–Trinajstić information content (AvgIpc) is 2.87. The van der Waals surface area contributed by atoms with Crippen molar-refractivity contribution < 1.29 is 17.9 Å². The van der Waals surface area contributed by atoms with E-state index in [2.05, 4.69) is 0 Å². The van der Waals surface area contributed by atoms with Crippen LogP contribution in [0.15, 0.2) is 30.3 Å². The second kappa shape index (κ2) is 6.38. The highest BCUT2D eigenvalue weighted by atomic mass is 32.2. The van der Waals surface area contributed by atoms with Crippen LogP contribution in [0.4, 0.5) is 0 Å². The van der Waals surface area contributed by atoms with Crippen LogP contribution in [0, 0.1) is 5.92 Å². The third-order valence-electron chi connectivity index (χ3n) is 4.38. The fourth-order valence-corrected chi connectivity index (χ4v) is 5.02. The molecular formula is C16H21NO4S. The number of hydrogen-bond donors (Lipinski definition) is 0. The quantitative estimate of drug-likeness (QED) is 0.844. The molecule has 2 aliphatic rings. The first-order valence-corrected chi connectivity index (χ1v) is 9.50. The van der Waals surface area contributed by atoms with Gasteiger partial charge in [0.15, 0.2) is 9.84 Å². The van der Waals surface area contributed by atoms with Gasteiger partial charge in [-0.1, -0.05) is 30.3 Å². The number of hydrogen-bond acceptors (Lipinski definition) is 4. The number of morpholine rings is 1. The Balaban J connectivity index is 1.59. The predicted molar refractivity (Wildman–Crippen MR) is 83.1 cm³/mol. The number of ether oxygens (including phenoxy) is 1. The van der Waals surface area contributed by atoms with E-state index in [0.29, 0.717) is 32.5 Å². The van der Waals surface area contributed by atoms with Crippen molar-refractivity contribution in [3.05, 3.63) is 35.9 Å². The number of benzene rings is 1. The van der Waals surface area contributed by atoms with Crippen LogP contribution in [0.1, 0.15) is 24.5 Å². The van der Waals surface area contributed by atoms with E-state index in [-0.39, 0.29) is 29.4 Å². The zero-order valence-electron chi connectivity index (χ0n) is 12.5. The van der Waals surface area contributed by atoms with E-state index in [1.807, 2.05) is 35.2 Å². The molecule has 2 aliphatic heterocycles. The lowest BCUT2D eigenvalue weighted by molar-refractivity contribution is -0.139. The molecule has 5 nitrogen and oxygen atoms in total. The van der Waals surface area contributed by atoms with Crippen molar-refractivity contribution in [1.82, 2.24) is 4.90 Å². The minimum absolute atomic E-state index is 0.0180. The Morgan fingerprint density at radius 2 is 2.05 bits per heavy atom. The molecule has 1 aromatic carbocycles. The van der Waals surface area contributed by atoms with Crippen molar-refractivity contribution in [2.75, 3.05) is 31.2 Å². The molecular weight excluding hydrogens is 302 g/mol. The molecule has 0 N–H and O–H groups in total. The summed E-state index contributed by atoms with van der Waals surface area (Å²) in [5.74, 6) is 0.410. The fourth-order valence-electron chi connectivity index (χ4n) is 3.15. The lowest BCUT2D eigenvalue weighted by Crippen LogP contribution is -2.42. The molecule has 0 saturated carbocycles. The molecule has 2 saturated heterocycles. The van der Waals surface area contributed by atoms with Crippen molar-refractivity contribution in [2.24, 2.45) is 5.92 Å². The summed E-state index contributed by atoms with van der Waals surface area (Å²) in [6.45, 7) is 1.65. The second-order valence-corrected chi connectivity index (χ2v) is 8.31. The Labute approximate surface area is 131 Å². The number of rotatable bonds is 3. The summed E-state index contributed by atoms with van der Waals surface area (Å²) in [7, 11) is -2.92. The fraction of sp³-hybridized carbons (Fsp3) is 0.562. The summed E-state index contributed by atoms with van der Waals surface area (Å²) < 4.78 is 28.7. The van der Waals surface area contributed by atoms with Gasteiger partial charge in [0.1, 0.15) is 6.10 Å². The Bertz CT molecular complexity index is 629. The monoisotopic (exact) mass is 323 g/mol. The van der Waals surface area contributed by atoms with E-state index < -0.39 is 9.84 Å². The van der Waals surface area contributed by atoms with E-state index in [0.717, 1.165) is 5.56 Å². The number of nitrogens with zero attached hydrogens (tertiary/aromatic N) is 1. The summed E-state index contributed by atoms with van der Waals surface area (Å²) in [6.07, 6.45) is 0.854. The average molecular weight is 323 g/mol. The van der Waals surface area contributed by atoms with Gasteiger partial charge in [-0.3, -0.25) is 4.79 Å². The summed E-state index contributed by atoms with van der Waals surface area (Å²) >= 11 is 0. The van der Waals surface area contributed by atoms with Gasteiger partial charge >= 0.3 is 0 Å². The van der Waals surface area contributed by atoms with Gasteiger partial charge in [-0.25, -0.2) is 8.42 Å². The molecule has 120 valence electrons. The van der Waals surface area contributed by atoms with Crippen LogP contribution in [-0.2, 0) is 19.4 Å². The van der Waals surface area contributed by atoms with E-state index in [1.54, 1.807) is 0 Å². The third-order valence-corrected chi connectivity index (χ3v) is 6.22. The van der Waals surface area contributed by atoms with Crippen LogP contribution in [0.25, 0.3) is 0 Å². The molecule has 0 unspecified atom stereocenters. The molecule has 2 heterocycles. The molecule has 0 bridgehead atoms. The Morgan fingerprint density at radius 1 is 1.27 bits per heavy atom. The normalized spacial score (nSPS) is 27.7. The molecule has 1 amide bonds. The maximum absolute atomic E-state index is 12.4. The summed E-state index contributed by atoms with van der Waals surface area (Å²) in [5.41, 5.74) is 1.07. The zero-order valence-corrected chi connectivity index (χ0v) is 13.3. The van der Waals surface area contributed by atoms with E-state index in [1.165, 1.54) is 0 Å². The molecule has 0 aromatic heterocycles. The molecule has 2 atom stereocenters. The minimum Gasteiger partial charge on any atom is -0.370 e. The number of sulfone groups is 1. The second-order valence-electron chi connectivity index (χ2n) is 6.08.